The fourth-order valence-corrected chi connectivity index (χ4v) is 1.84. The molecule has 0 saturated heterocycles. The van der Waals surface area contributed by atoms with E-state index in [1.165, 1.54) is 24.3 Å². The summed E-state index contributed by atoms with van der Waals surface area (Å²) in [6.07, 6.45) is 0. The summed E-state index contributed by atoms with van der Waals surface area (Å²) in [6.45, 7) is -0.346. The van der Waals surface area contributed by atoms with Crippen LogP contribution in [0.5, 0.6) is 0 Å². The number of benzene rings is 1. The molecule has 0 unspecified atom stereocenters. The van der Waals surface area contributed by atoms with Gasteiger partial charge >= 0.3 is 0 Å². The Balaban J connectivity index is 2.99. The molecule has 65 valence electrons. The zero-order valence-electron chi connectivity index (χ0n) is 6.40. The molecule has 12 heavy (non-hydrogen) atoms. The van der Waals surface area contributed by atoms with Gasteiger partial charge in [0.25, 0.3) is 0 Å². The maximum atomic E-state index is 11.3. The van der Waals surface area contributed by atoms with Gasteiger partial charge in [-0.15, -0.1) is 0 Å². The molecule has 3 nitrogen and oxygen atoms in total. The fourth-order valence-electron chi connectivity index (χ4n) is 0.817. The Labute approximate surface area is 71.6 Å². The first-order chi connectivity index (χ1) is 5.67. The van der Waals surface area contributed by atoms with E-state index in [0.29, 0.717) is 0 Å². The predicted molar refractivity (Wildman–Crippen MR) is 44.4 cm³/mol. The van der Waals surface area contributed by atoms with Crippen molar-refractivity contribution < 1.29 is 13.5 Å². The molecule has 0 heterocycles. The zero-order chi connectivity index (χ0) is 9.03. The summed E-state index contributed by atoms with van der Waals surface area (Å²) in [6, 6.07) is 8.71. The molecule has 1 rings (SSSR count). The maximum absolute atomic E-state index is 11.3. The summed E-state index contributed by atoms with van der Waals surface area (Å²) in [4.78, 5) is 0.232. The molecular formula is C8H9O3S. The number of hydrogen-bond donors (Lipinski definition) is 1. The molecule has 0 saturated carbocycles. The summed E-state index contributed by atoms with van der Waals surface area (Å²) < 4.78 is 22.5. The Morgan fingerprint density at radius 1 is 1.33 bits per heavy atom. The van der Waals surface area contributed by atoms with Gasteiger partial charge in [0.2, 0.25) is 0 Å². The molecular weight excluding hydrogens is 176 g/mol. The monoisotopic (exact) mass is 185 g/mol. The molecule has 1 N–H and O–H groups in total. The van der Waals surface area contributed by atoms with E-state index in [9.17, 15) is 8.42 Å². The SMILES string of the molecule is O=S(=O)(CCO)c1cc[c]cc1. The van der Waals surface area contributed by atoms with E-state index in [2.05, 4.69) is 6.07 Å². The van der Waals surface area contributed by atoms with Crippen LogP contribution in [0.25, 0.3) is 0 Å². The topological polar surface area (TPSA) is 54.4 Å². The lowest BCUT2D eigenvalue weighted by Gasteiger charge is -2.00. The molecule has 0 spiro atoms. The van der Waals surface area contributed by atoms with Crippen molar-refractivity contribution in [3.8, 4) is 0 Å². The highest BCUT2D eigenvalue weighted by molar-refractivity contribution is 7.91. The molecule has 0 aromatic heterocycles. The second-order valence-corrected chi connectivity index (χ2v) is 4.39. The largest absolute Gasteiger partial charge is 0.395 e. The van der Waals surface area contributed by atoms with Gasteiger partial charge in [-0.3, -0.25) is 0 Å². The molecule has 0 aliphatic rings. The van der Waals surface area contributed by atoms with Crippen molar-refractivity contribution in [2.75, 3.05) is 12.4 Å². The van der Waals surface area contributed by atoms with Crippen LogP contribution in [-0.4, -0.2) is 25.9 Å². The number of hydrogen-bond acceptors (Lipinski definition) is 3. The van der Waals surface area contributed by atoms with Gasteiger partial charge in [-0.1, -0.05) is 12.1 Å². The second-order valence-electron chi connectivity index (χ2n) is 2.28. The first-order valence-electron chi connectivity index (χ1n) is 3.46. The summed E-state index contributed by atoms with van der Waals surface area (Å²) in [5.74, 6) is -0.225. The summed E-state index contributed by atoms with van der Waals surface area (Å²) in [5, 5.41) is 8.48. The third-order valence-corrected chi connectivity index (χ3v) is 3.12. The lowest BCUT2D eigenvalue weighted by molar-refractivity contribution is 0.319. The Morgan fingerprint density at radius 3 is 2.42 bits per heavy atom. The Morgan fingerprint density at radius 2 is 1.92 bits per heavy atom. The molecule has 0 fully saturated rings. The minimum absolute atomic E-state index is 0.225. The van der Waals surface area contributed by atoms with Crippen LogP contribution in [0.1, 0.15) is 0 Å². The van der Waals surface area contributed by atoms with Crippen molar-refractivity contribution >= 4 is 9.84 Å². The van der Waals surface area contributed by atoms with Crippen LogP contribution in [0.3, 0.4) is 0 Å². The fraction of sp³-hybridized carbons (Fsp3) is 0.250. The molecule has 0 aliphatic heterocycles. The van der Waals surface area contributed by atoms with E-state index in [0.717, 1.165) is 0 Å². The molecule has 1 radical (unpaired) electrons. The third kappa shape index (κ3) is 2.06. The maximum Gasteiger partial charge on any atom is 0.180 e. The van der Waals surface area contributed by atoms with E-state index >= 15 is 0 Å². The summed E-state index contributed by atoms with van der Waals surface area (Å²) in [7, 11) is -3.28. The molecule has 0 atom stereocenters. The molecule has 1 aromatic carbocycles. The first kappa shape index (κ1) is 9.22. The quantitative estimate of drug-likeness (QED) is 0.734. The van der Waals surface area contributed by atoms with Crippen LogP contribution in [-0.2, 0) is 9.84 Å². The van der Waals surface area contributed by atoms with Crippen LogP contribution in [0, 0.1) is 6.07 Å². The van der Waals surface area contributed by atoms with Crippen LogP contribution < -0.4 is 0 Å². The number of aliphatic hydroxyl groups excluding tert-OH is 1. The second kappa shape index (κ2) is 3.69. The molecule has 0 amide bonds. The van der Waals surface area contributed by atoms with Gasteiger partial charge in [0, 0.05) is 0 Å². The van der Waals surface area contributed by atoms with Crippen LogP contribution in [0.2, 0.25) is 0 Å². The van der Waals surface area contributed by atoms with E-state index in [1.807, 2.05) is 0 Å². The number of rotatable bonds is 3. The molecule has 0 aliphatic carbocycles. The highest BCUT2D eigenvalue weighted by atomic mass is 32.2. The summed E-state index contributed by atoms with van der Waals surface area (Å²) in [5.41, 5.74) is 0. The number of aliphatic hydroxyl groups is 1. The highest BCUT2D eigenvalue weighted by Gasteiger charge is 2.11. The van der Waals surface area contributed by atoms with Gasteiger partial charge in [-0.2, -0.15) is 0 Å². The minimum atomic E-state index is -3.28. The van der Waals surface area contributed by atoms with E-state index in [1.54, 1.807) is 0 Å². The average molecular weight is 185 g/mol. The van der Waals surface area contributed by atoms with Crippen LogP contribution in [0.4, 0.5) is 0 Å². The average Bonchev–Trinajstić information content (AvgIpc) is 2.06. The van der Waals surface area contributed by atoms with Crippen molar-refractivity contribution in [3.63, 3.8) is 0 Å². The molecule has 4 heteroatoms. The lowest BCUT2D eigenvalue weighted by atomic mass is 10.4. The highest BCUT2D eigenvalue weighted by Crippen LogP contribution is 2.08. The van der Waals surface area contributed by atoms with Gasteiger partial charge < -0.3 is 5.11 Å². The van der Waals surface area contributed by atoms with Gasteiger partial charge in [0.15, 0.2) is 9.84 Å². The Hall–Kier alpha value is -0.870. The van der Waals surface area contributed by atoms with E-state index in [4.69, 9.17) is 5.11 Å². The van der Waals surface area contributed by atoms with Crippen molar-refractivity contribution in [3.05, 3.63) is 30.3 Å². The van der Waals surface area contributed by atoms with Crippen molar-refractivity contribution in [2.45, 2.75) is 4.90 Å². The lowest BCUT2D eigenvalue weighted by Crippen LogP contribution is -2.09. The van der Waals surface area contributed by atoms with Crippen molar-refractivity contribution in [2.24, 2.45) is 0 Å². The van der Waals surface area contributed by atoms with E-state index in [-0.39, 0.29) is 17.3 Å². The van der Waals surface area contributed by atoms with Gasteiger partial charge in [-0.25, -0.2) is 8.42 Å². The molecule has 1 aromatic rings. The van der Waals surface area contributed by atoms with Gasteiger partial charge in [-0.05, 0) is 18.2 Å². The Bertz CT molecular complexity index is 329. The van der Waals surface area contributed by atoms with Crippen LogP contribution in [0.15, 0.2) is 29.2 Å². The van der Waals surface area contributed by atoms with Gasteiger partial charge in [0.05, 0.1) is 17.3 Å². The first-order valence-corrected chi connectivity index (χ1v) is 5.12. The predicted octanol–water partition coefficient (Wildman–Crippen LogP) is 0.253. The molecule has 0 bridgehead atoms. The number of sulfone groups is 1. The summed E-state index contributed by atoms with van der Waals surface area (Å²) >= 11 is 0. The zero-order valence-corrected chi connectivity index (χ0v) is 7.21. The Kier molecular flexibility index (Phi) is 2.83. The normalized spacial score (nSPS) is 11.4. The van der Waals surface area contributed by atoms with Crippen LogP contribution >= 0.6 is 0 Å². The van der Waals surface area contributed by atoms with Crippen molar-refractivity contribution in [1.82, 2.24) is 0 Å². The van der Waals surface area contributed by atoms with Gasteiger partial charge in [0.1, 0.15) is 0 Å². The van der Waals surface area contributed by atoms with Crippen molar-refractivity contribution in [1.29, 1.82) is 0 Å². The smallest absolute Gasteiger partial charge is 0.180 e. The standard InChI is InChI=1S/C8H9O3S/c9-6-7-12(10,11)8-4-2-1-3-5-8/h2-5,9H,6-7H2. The van der Waals surface area contributed by atoms with E-state index < -0.39 is 9.84 Å². The third-order valence-electron chi connectivity index (χ3n) is 1.41. The minimum Gasteiger partial charge on any atom is -0.395 e.